The molecule has 0 atom stereocenters. The van der Waals surface area contributed by atoms with Crippen LogP contribution in [-0.2, 0) is 0 Å². The van der Waals surface area contributed by atoms with E-state index in [1.54, 1.807) is 19.2 Å². The maximum absolute atomic E-state index is 10.5. The Morgan fingerprint density at radius 2 is 2.07 bits per heavy atom. The zero-order valence-electron chi connectivity index (χ0n) is 8.70. The Kier molecular flexibility index (Phi) is 3.46. The van der Waals surface area contributed by atoms with Gasteiger partial charge in [0.1, 0.15) is 12.0 Å². The van der Waals surface area contributed by atoms with E-state index < -0.39 is 0 Å². The minimum absolute atomic E-state index is 0.632. The molecule has 0 aromatic heterocycles. The lowest BCUT2D eigenvalue weighted by molar-refractivity contribution is 0.112. The molecule has 1 aromatic rings. The van der Waals surface area contributed by atoms with Gasteiger partial charge in [-0.25, -0.2) is 0 Å². The summed E-state index contributed by atoms with van der Waals surface area (Å²) in [5.41, 5.74) is 2.83. The fraction of sp³-hybridized carbons (Fsp3) is 0.250. The number of benzene rings is 1. The number of rotatable bonds is 3. The van der Waals surface area contributed by atoms with E-state index in [9.17, 15) is 4.79 Å². The summed E-state index contributed by atoms with van der Waals surface area (Å²) in [7, 11) is 1.60. The third kappa shape index (κ3) is 2.46. The molecule has 0 fully saturated rings. The van der Waals surface area contributed by atoms with Crippen molar-refractivity contribution in [3.63, 3.8) is 0 Å². The van der Waals surface area contributed by atoms with E-state index in [0.717, 1.165) is 17.6 Å². The molecule has 74 valence electrons. The molecular weight excluding hydrogens is 176 g/mol. The van der Waals surface area contributed by atoms with Crippen molar-refractivity contribution >= 4 is 12.4 Å². The van der Waals surface area contributed by atoms with Gasteiger partial charge >= 0.3 is 0 Å². The summed E-state index contributed by atoms with van der Waals surface area (Å²) in [5.74, 6) is 0.732. The van der Waals surface area contributed by atoms with Gasteiger partial charge in [-0.05, 0) is 19.9 Å². The lowest BCUT2D eigenvalue weighted by Crippen LogP contribution is -1.89. The standard InChI is InChI=1S/C12H14O2/c1-9(2)6-11-5-4-10(8-13)7-12(11)14-3/h4-8H,1-3H3. The largest absolute Gasteiger partial charge is 0.496 e. The summed E-state index contributed by atoms with van der Waals surface area (Å²) in [6.45, 7) is 4.04. The fourth-order valence-corrected chi connectivity index (χ4v) is 1.23. The number of allylic oxidation sites excluding steroid dienone is 1. The second-order valence-electron chi connectivity index (χ2n) is 3.34. The Bertz CT molecular complexity index is 361. The van der Waals surface area contributed by atoms with Gasteiger partial charge in [-0.15, -0.1) is 0 Å². The minimum atomic E-state index is 0.632. The lowest BCUT2D eigenvalue weighted by atomic mass is 10.1. The summed E-state index contributed by atoms with van der Waals surface area (Å²) >= 11 is 0. The van der Waals surface area contributed by atoms with E-state index in [0.29, 0.717) is 5.56 Å². The molecule has 0 aliphatic carbocycles. The molecule has 1 rings (SSSR count). The number of ether oxygens (including phenoxy) is 1. The van der Waals surface area contributed by atoms with Crippen molar-refractivity contribution in [2.24, 2.45) is 0 Å². The van der Waals surface area contributed by atoms with Crippen LogP contribution in [0, 0.1) is 0 Å². The Labute approximate surface area is 84.2 Å². The number of carbonyl (C=O) groups is 1. The monoisotopic (exact) mass is 190 g/mol. The normalized spacial score (nSPS) is 9.36. The number of carbonyl (C=O) groups excluding carboxylic acids is 1. The van der Waals surface area contributed by atoms with Crippen LogP contribution in [0.4, 0.5) is 0 Å². The van der Waals surface area contributed by atoms with Gasteiger partial charge in [-0.3, -0.25) is 4.79 Å². The predicted molar refractivity (Wildman–Crippen MR) is 57.7 cm³/mol. The highest BCUT2D eigenvalue weighted by atomic mass is 16.5. The van der Waals surface area contributed by atoms with Crippen molar-refractivity contribution in [3.05, 3.63) is 34.9 Å². The summed E-state index contributed by atoms with van der Waals surface area (Å²) in [6, 6.07) is 5.40. The maximum Gasteiger partial charge on any atom is 0.150 e. The van der Waals surface area contributed by atoms with Crippen LogP contribution in [0.15, 0.2) is 23.8 Å². The highest BCUT2D eigenvalue weighted by molar-refractivity contribution is 5.77. The number of aldehydes is 1. The van der Waals surface area contributed by atoms with Crippen LogP contribution in [-0.4, -0.2) is 13.4 Å². The first kappa shape index (κ1) is 10.5. The maximum atomic E-state index is 10.5. The average Bonchev–Trinajstić information content (AvgIpc) is 2.17. The second kappa shape index (κ2) is 4.61. The molecule has 2 nitrogen and oxygen atoms in total. The van der Waals surface area contributed by atoms with E-state index in [1.165, 1.54) is 5.57 Å². The van der Waals surface area contributed by atoms with Crippen molar-refractivity contribution in [2.75, 3.05) is 7.11 Å². The Morgan fingerprint density at radius 1 is 1.36 bits per heavy atom. The first-order valence-corrected chi connectivity index (χ1v) is 4.45. The van der Waals surface area contributed by atoms with E-state index in [1.807, 2.05) is 26.0 Å². The number of methoxy groups -OCH3 is 1. The van der Waals surface area contributed by atoms with Crippen LogP contribution in [0.25, 0.3) is 6.08 Å². The van der Waals surface area contributed by atoms with Crippen LogP contribution in [0.2, 0.25) is 0 Å². The topological polar surface area (TPSA) is 26.3 Å². The first-order chi connectivity index (χ1) is 6.67. The quantitative estimate of drug-likeness (QED) is 0.685. The Morgan fingerprint density at radius 3 is 2.57 bits per heavy atom. The number of hydrogen-bond donors (Lipinski definition) is 0. The summed E-state index contributed by atoms with van der Waals surface area (Å²) < 4.78 is 5.19. The smallest absolute Gasteiger partial charge is 0.150 e. The van der Waals surface area contributed by atoms with E-state index in [-0.39, 0.29) is 0 Å². The molecule has 0 aliphatic rings. The molecule has 2 heteroatoms. The zero-order chi connectivity index (χ0) is 10.6. The van der Waals surface area contributed by atoms with Gasteiger partial charge in [0.15, 0.2) is 0 Å². The first-order valence-electron chi connectivity index (χ1n) is 4.45. The van der Waals surface area contributed by atoms with Crippen molar-refractivity contribution in [3.8, 4) is 5.75 Å². The van der Waals surface area contributed by atoms with Gasteiger partial charge in [-0.2, -0.15) is 0 Å². The second-order valence-corrected chi connectivity index (χ2v) is 3.34. The number of hydrogen-bond acceptors (Lipinski definition) is 2. The van der Waals surface area contributed by atoms with Crippen molar-refractivity contribution in [1.82, 2.24) is 0 Å². The fourth-order valence-electron chi connectivity index (χ4n) is 1.23. The lowest BCUT2D eigenvalue weighted by Gasteiger charge is -2.05. The van der Waals surface area contributed by atoms with Crippen LogP contribution in [0.1, 0.15) is 29.8 Å². The van der Waals surface area contributed by atoms with E-state index in [4.69, 9.17) is 4.74 Å². The van der Waals surface area contributed by atoms with Gasteiger partial charge in [0.2, 0.25) is 0 Å². The van der Waals surface area contributed by atoms with Crippen molar-refractivity contribution in [1.29, 1.82) is 0 Å². The van der Waals surface area contributed by atoms with Gasteiger partial charge in [-0.1, -0.05) is 23.8 Å². The molecule has 0 radical (unpaired) electrons. The molecule has 0 N–H and O–H groups in total. The SMILES string of the molecule is COc1cc(C=O)ccc1C=C(C)C. The van der Waals surface area contributed by atoms with Gasteiger partial charge in [0.25, 0.3) is 0 Å². The average molecular weight is 190 g/mol. The van der Waals surface area contributed by atoms with Crippen LogP contribution < -0.4 is 4.74 Å². The molecule has 0 amide bonds. The third-order valence-electron chi connectivity index (χ3n) is 1.84. The molecule has 0 saturated heterocycles. The molecule has 0 spiro atoms. The Hall–Kier alpha value is -1.57. The van der Waals surface area contributed by atoms with Crippen LogP contribution >= 0.6 is 0 Å². The van der Waals surface area contributed by atoms with E-state index in [2.05, 4.69) is 0 Å². The highest BCUT2D eigenvalue weighted by Crippen LogP contribution is 2.21. The van der Waals surface area contributed by atoms with Gasteiger partial charge in [0.05, 0.1) is 7.11 Å². The van der Waals surface area contributed by atoms with Crippen LogP contribution in [0.3, 0.4) is 0 Å². The van der Waals surface area contributed by atoms with Crippen molar-refractivity contribution < 1.29 is 9.53 Å². The zero-order valence-corrected chi connectivity index (χ0v) is 8.70. The van der Waals surface area contributed by atoms with Gasteiger partial charge in [0, 0.05) is 11.1 Å². The molecule has 0 bridgehead atoms. The van der Waals surface area contributed by atoms with E-state index >= 15 is 0 Å². The molecular formula is C12H14O2. The molecule has 0 aliphatic heterocycles. The van der Waals surface area contributed by atoms with Crippen LogP contribution in [0.5, 0.6) is 5.75 Å². The highest BCUT2D eigenvalue weighted by Gasteiger charge is 2.01. The predicted octanol–water partition coefficient (Wildman–Crippen LogP) is 2.93. The molecule has 0 heterocycles. The minimum Gasteiger partial charge on any atom is -0.496 e. The molecule has 1 aromatic carbocycles. The Balaban J connectivity index is 3.18. The summed E-state index contributed by atoms with van der Waals surface area (Å²) in [4.78, 5) is 10.5. The third-order valence-corrected chi connectivity index (χ3v) is 1.84. The van der Waals surface area contributed by atoms with Gasteiger partial charge < -0.3 is 4.74 Å². The molecule has 0 unspecified atom stereocenters. The molecule has 0 saturated carbocycles. The molecule has 14 heavy (non-hydrogen) atoms. The van der Waals surface area contributed by atoms with Crippen molar-refractivity contribution in [2.45, 2.75) is 13.8 Å². The summed E-state index contributed by atoms with van der Waals surface area (Å²) in [5, 5.41) is 0. The summed E-state index contributed by atoms with van der Waals surface area (Å²) in [6.07, 6.45) is 2.84.